The van der Waals surface area contributed by atoms with Gasteiger partial charge in [-0.05, 0) is 24.2 Å². The van der Waals surface area contributed by atoms with E-state index in [1.54, 1.807) is 7.11 Å². The molecule has 3 aromatic rings. The Morgan fingerprint density at radius 2 is 2.08 bits per heavy atom. The van der Waals surface area contributed by atoms with Crippen molar-refractivity contribution in [2.45, 2.75) is 26.1 Å². The molecule has 8 heteroatoms. The monoisotopic (exact) mass is 326 g/mol. The van der Waals surface area contributed by atoms with Crippen LogP contribution < -0.4 is 4.90 Å². The largest absolute Gasteiger partial charge is 0.377 e. The summed E-state index contributed by atoms with van der Waals surface area (Å²) in [7, 11) is 1.66. The number of methoxy groups -OCH3 is 1. The zero-order chi connectivity index (χ0) is 16.5. The number of anilines is 1. The molecule has 0 fully saturated rings. The van der Waals surface area contributed by atoms with Crippen molar-refractivity contribution < 1.29 is 9.26 Å². The maximum absolute atomic E-state index is 5.41. The average Bonchev–Trinajstić information content (AvgIpc) is 3.24. The SMILES string of the molecule is COCc1nnc2n1[C@@H](C)CN(c1noc(-c3ccccc3)n1)C2. The quantitative estimate of drug-likeness (QED) is 0.725. The van der Waals surface area contributed by atoms with Crippen LogP contribution in [0, 0.1) is 0 Å². The van der Waals surface area contributed by atoms with Crippen molar-refractivity contribution >= 4 is 5.95 Å². The van der Waals surface area contributed by atoms with Crippen LogP contribution in [0.25, 0.3) is 11.5 Å². The van der Waals surface area contributed by atoms with E-state index in [4.69, 9.17) is 9.26 Å². The van der Waals surface area contributed by atoms with E-state index in [0.717, 1.165) is 23.8 Å². The molecular formula is C16H18N6O2. The Morgan fingerprint density at radius 3 is 2.88 bits per heavy atom. The van der Waals surface area contributed by atoms with Gasteiger partial charge in [-0.15, -0.1) is 10.2 Å². The molecule has 0 unspecified atom stereocenters. The van der Waals surface area contributed by atoms with Crippen molar-refractivity contribution in [1.82, 2.24) is 24.9 Å². The van der Waals surface area contributed by atoms with Gasteiger partial charge < -0.3 is 18.7 Å². The topological polar surface area (TPSA) is 82.1 Å². The fraction of sp³-hybridized carbons (Fsp3) is 0.375. The van der Waals surface area contributed by atoms with Gasteiger partial charge in [-0.1, -0.05) is 18.2 Å². The summed E-state index contributed by atoms with van der Waals surface area (Å²) >= 11 is 0. The number of hydrogen-bond acceptors (Lipinski definition) is 7. The van der Waals surface area contributed by atoms with Crippen LogP contribution >= 0.6 is 0 Å². The third-order valence-electron chi connectivity index (χ3n) is 4.09. The molecule has 0 N–H and O–H groups in total. The van der Waals surface area contributed by atoms with Gasteiger partial charge in [-0.25, -0.2) is 0 Å². The van der Waals surface area contributed by atoms with Gasteiger partial charge >= 0.3 is 0 Å². The minimum Gasteiger partial charge on any atom is -0.377 e. The number of fused-ring (bicyclic) bond motifs is 1. The summed E-state index contributed by atoms with van der Waals surface area (Å²) in [6.45, 7) is 3.93. The molecule has 124 valence electrons. The summed E-state index contributed by atoms with van der Waals surface area (Å²) < 4.78 is 12.7. The van der Waals surface area contributed by atoms with Crippen LogP contribution in [0.4, 0.5) is 5.95 Å². The minimum atomic E-state index is 0.201. The highest BCUT2D eigenvalue weighted by molar-refractivity contribution is 5.54. The van der Waals surface area contributed by atoms with Crippen molar-refractivity contribution in [3.8, 4) is 11.5 Å². The third kappa shape index (κ3) is 2.54. The van der Waals surface area contributed by atoms with Crippen LogP contribution in [0.15, 0.2) is 34.9 Å². The van der Waals surface area contributed by atoms with Crippen LogP contribution in [0.5, 0.6) is 0 Å². The Kier molecular flexibility index (Phi) is 3.73. The van der Waals surface area contributed by atoms with Crippen molar-refractivity contribution in [3.63, 3.8) is 0 Å². The molecule has 1 atom stereocenters. The highest BCUT2D eigenvalue weighted by Gasteiger charge is 2.28. The van der Waals surface area contributed by atoms with Gasteiger partial charge in [0.15, 0.2) is 11.6 Å². The lowest BCUT2D eigenvalue weighted by atomic mass is 10.2. The number of aromatic nitrogens is 5. The van der Waals surface area contributed by atoms with Crippen molar-refractivity contribution in [2.24, 2.45) is 0 Å². The van der Waals surface area contributed by atoms with E-state index in [1.807, 2.05) is 30.3 Å². The Hall–Kier alpha value is -2.74. The highest BCUT2D eigenvalue weighted by atomic mass is 16.5. The lowest BCUT2D eigenvalue weighted by Gasteiger charge is -2.31. The van der Waals surface area contributed by atoms with E-state index in [1.165, 1.54) is 0 Å². The Labute approximate surface area is 139 Å². The standard InChI is InChI=1S/C16H18N6O2/c1-11-8-21(9-13-18-19-14(10-23-2)22(11)13)16-17-15(24-20-16)12-6-4-3-5-7-12/h3-7,11H,8-10H2,1-2H3/t11-/m0/s1. The first kappa shape index (κ1) is 14.8. The van der Waals surface area contributed by atoms with E-state index in [2.05, 4.69) is 36.7 Å². The molecule has 1 aliphatic rings. The van der Waals surface area contributed by atoms with Crippen molar-refractivity contribution in [1.29, 1.82) is 0 Å². The zero-order valence-electron chi connectivity index (χ0n) is 13.6. The first-order chi connectivity index (χ1) is 11.8. The molecule has 0 spiro atoms. The van der Waals surface area contributed by atoms with E-state index < -0.39 is 0 Å². The number of rotatable bonds is 4. The highest BCUT2D eigenvalue weighted by Crippen LogP contribution is 2.26. The molecule has 0 amide bonds. The van der Waals surface area contributed by atoms with Crippen LogP contribution in [0.1, 0.15) is 24.6 Å². The second kappa shape index (κ2) is 6.04. The molecule has 0 radical (unpaired) electrons. The molecule has 0 aliphatic carbocycles. The van der Waals surface area contributed by atoms with Gasteiger partial charge in [0, 0.05) is 19.2 Å². The molecule has 8 nitrogen and oxygen atoms in total. The van der Waals surface area contributed by atoms with Gasteiger partial charge in [0.25, 0.3) is 11.8 Å². The summed E-state index contributed by atoms with van der Waals surface area (Å²) in [5, 5.41) is 12.6. The van der Waals surface area contributed by atoms with Gasteiger partial charge in [0.1, 0.15) is 6.61 Å². The van der Waals surface area contributed by atoms with E-state index in [0.29, 0.717) is 25.0 Å². The molecule has 0 bridgehead atoms. The Balaban J connectivity index is 1.59. The Bertz CT molecular complexity index is 828. The molecule has 1 aliphatic heterocycles. The zero-order valence-corrected chi connectivity index (χ0v) is 13.6. The van der Waals surface area contributed by atoms with E-state index >= 15 is 0 Å². The van der Waals surface area contributed by atoms with Gasteiger partial charge in [-0.3, -0.25) is 0 Å². The Morgan fingerprint density at radius 1 is 1.25 bits per heavy atom. The minimum absolute atomic E-state index is 0.201. The lowest BCUT2D eigenvalue weighted by Crippen LogP contribution is -2.37. The van der Waals surface area contributed by atoms with Crippen molar-refractivity contribution in [2.75, 3.05) is 18.6 Å². The normalized spacial score (nSPS) is 17.1. The van der Waals surface area contributed by atoms with E-state index in [-0.39, 0.29) is 6.04 Å². The maximum Gasteiger partial charge on any atom is 0.266 e. The van der Waals surface area contributed by atoms with Crippen LogP contribution in [-0.2, 0) is 17.9 Å². The summed E-state index contributed by atoms with van der Waals surface area (Å²) in [6, 6.07) is 9.95. The number of benzene rings is 1. The van der Waals surface area contributed by atoms with Crippen LogP contribution in [-0.4, -0.2) is 38.6 Å². The van der Waals surface area contributed by atoms with E-state index in [9.17, 15) is 0 Å². The number of hydrogen-bond donors (Lipinski definition) is 0. The second-order valence-electron chi connectivity index (χ2n) is 5.83. The molecular weight excluding hydrogens is 308 g/mol. The third-order valence-corrected chi connectivity index (χ3v) is 4.09. The molecule has 0 saturated heterocycles. The first-order valence-electron chi connectivity index (χ1n) is 7.82. The fourth-order valence-electron chi connectivity index (χ4n) is 3.04. The van der Waals surface area contributed by atoms with Gasteiger partial charge in [0.2, 0.25) is 0 Å². The number of nitrogens with zero attached hydrogens (tertiary/aromatic N) is 6. The molecule has 2 aromatic heterocycles. The molecule has 24 heavy (non-hydrogen) atoms. The van der Waals surface area contributed by atoms with Crippen LogP contribution in [0.3, 0.4) is 0 Å². The maximum atomic E-state index is 5.41. The first-order valence-corrected chi connectivity index (χ1v) is 7.82. The summed E-state index contributed by atoms with van der Waals surface area (Å²) in [5.74, 6) is 2.82. The van der Waals surface area contributed by atoms with Crippen LogP contribution in [0.2, 0.25) is 0 Å². The lowest BCUT2D eigenvalue weighted by molar-refractivity contribution is 0.171. The summed E-state index contributed by atoms with van der Waals surface area (Å²) in [6.07, 6.45) is 0. The summed E-state index contributed by atoms with van der Waals surface area (Å²) in [4.78, 5) is 6.58. The fourth-order valence-corrected chi connectivity index (χ4v) is 3.04. The predicted molar refractivity (Wildman–Crippen MR) is 86.2 cm³/mol. The molecule has 4 rings (SSSR count). The number of ether oxygens (including phenoxy) is 1. The summed E-state index contributed by atoms with van der Waals surface area (Å²) in [5.41, 5.74) is 0.909. The van der Waals surface area contributed by atoms with Gasteiger partial charge in [-0.2, -0.15) is 4.98 Å². The molecule has 3 heterocycles. The molecule has 1 aromatic carbocycles. The average molecular weight is 326 g/mol. The second-order valence-corrected chi connectivity index (χ2v) is 5.83. The van der Waals surface area contributed by atoms with Crippen molar-refractivity contribution in [3.05, 3.63) is 42.0 Å². The molecule has 0 saturated carbocycles. The smallest absolute Gasteiger partial charge is 0.266 e. The predicted octanol–water partition coefficient (Wildman–Crippen LogP) is 2.06. The van der Waals surface area contributed by atoms with Gasteiger partial charge in [0.05, 0.1) is 12.6 Å².